The molecular formula is C7H7N4OP3. The first kappa shape index (κ1) is 10.3. The lowest BCUT2D eigenvalue weighted by Crippen LogP contribution is -1.97. The van der Waals surface area contributed by atoms with E-state index in [4.69, 9.17) is 10.1 Å². The van der Waals surface area contributed by atoms with Crippen molar-refractivity contribution in [2.45, 2.75) is 0 Å². The van der Waals surface area contributed by atoms with E-state index in [0.29, 0.717) is 22.6 Å². The van der Waals surface area contributed by atoms with Crippen LogP contribution in [-0.2, 0) is 0 Å². The molecule has 0 radical (unpaired) electrons. The van der Waals surface area contributed by atoms with Gasteiger partial charge >= 0.3 is 0 Å². The number of benzene rings is 1. The van der Waals surface area contributed by atoms with Crippen LogP contribution in [0.2, 0.25) is 0 Å². The maximum atomic E-state index is 8.62. The van der Waals surface area contributed by atoms with Gasteiger partial charge in [0.05, 0.1) is 20.1 Å². The molecule has 0 saturated carbocycles. The second-order valence-corrected chi connectivity index (χ2v) is 6.11. The van der Waals surface area contributed by atoms with E-state index in [1.165, 1.54) is 0 Å². The van der Waals surface area contributed by atoms with Gasteiger partial charge in [-0.05, 0) is 24.3 Å². The molecule has 2 unspecified atom stereocenters. The van der Waals surface area contributed by atoms with Crippen molar-refractivity contribution in [1.82, 2.24) is 13.3 Å². The summed E-state index contributed by atoms with van der Waals surface area (Å²) in [6.07, 6.45) is 0. The third kappa shape index (κ3) is 2.88. The van der Waals surface area contributed by atoms with E-state index in [1.54, 1.807) is 28.5 Å². The minimum Gasteiger partial charge on any atom is -0.366 e. The van der Waals surface area contributed by atoms with Crippen LogP contribution in [0.15, 0.2) is 24.3 Å². The van der Waals surface area contributed by atoms with Crippen LogP contribution in [0.5, 0.6) is 5.75 Å². The lowest BCUT2D eigenvalue weighted by molar-refractivity contribution is 0.277. The van der Waals surface area contributed by atoms with Gasteiger partial charge in [0.1, 0.15) is 0 Å². The number of nitrogens with zero attached hydrogens (tertiary/aromatic N) is 3. The van der Waals surface area contributed by atoms with Gasteiger partial charge in [0, 0.05) is 8.51 Å². The molecule has 1 aromatic carbocycles. The minimum atomic E-state index is 0.418. The van der Waals surface area contributed by atoms with Gasteiger partial charge in [-0.25, -0.2) is 0 Å². The highest BCUT2D eigenvalue weighted by atomic mass is 31.1. The number of hydrogen-bond donors (Lipinski definition) is 1. The van der Waals surface area contributed by atoms with Crippen LogP contribution in [0, 0.1) is 11.3 Å². The summed E-state index contributed by atoms with van der Waals surface area (Å²) in [5, 5.41) is 8.62. The van der Waals surface area contributed by atoms with Crippen LogP contribution in [-0.4, -0.2) is 13.3 Å². The first-order valence-corrected chi connectivity index (χ1v) is 6.72. The molecule has 2 aromatic rings. The number of nitrogens with one attached hydrogen (secondary N) is 1. The van der Waals surface area contributed by atoms with Crippen molar-refractivity contribution < 1.29 is 4.84 Å². The Bertz CT molecular complexity index is 484. The highest BCUT2D eigenvalue weighted by molar-refractivity contribution is 7.44. The Morgan fingerprint density at radius 3 is 2.87 bits per heavy atom. The summed E-state index contributed by atoms with van der Waals surface area (Å²) < 4.78 is 8.96. The fraction of sp³-hybridized carbons (Fsp3) is 0. The Kier molecular flexibility index (Phi) is 3.48. The summed E-state index contributed by atoms with van der Waals surface area (Å²) in [5.74, 6) is 0.719. The molecule has 0 aliphatic heterocycles. The Balaban J connectivity index is 2.16. The van der Waals surface area contributed by atoms with Crippen LogP contribution >= 0.6 is 25.5 Å². The van der Waals surface area contributed by atoms with E-state index < -0.39 is 0 Å². The molecule has 0 fully saturated rings. The van der Waals surface area contributed by atoms with Gasteiger partial charge in [-0.3, -0.25) is 0 Å². The summed E-state index contributed by atoms with van der Waals surface area (Å²) >= 11 is 0. The normalized spacial score (nSPS) is 10.9. The van der Waals surface area contributed by atoms with Crippen molar-refractivity contribution in [3.63, 3.8) is 0 Å². The van der Waals surface area contributed by atoms with Gasteiger partial charge in [0.25, 0.3) is 0 Å². The molecule has 0 saturated heterocycles. The second kappa shape index (κ2) is 5.05. The van der Waals surface area contributed by atoms with Crippen molar-refractivity contribution in [1.29, 1.82) is 5.26 Å². The van der Waals surface area contributed by atoms with Crippen molar-refractivity contribution in [2.24, 2.45) is 0 Å². The van der Waals surface area contributed by atoms with Crippen LogP contribution in [0.25, 0.3) is 0 Å². The Morgan fingerprint density at radius 1 is 1.47 bits per heavy atom. The molecular weight excluding hydrogens is 249 g/mol. The number of nitriles is 1. The van der Waals surface area contributed by atoms with Gasteiger partial charge in [-0.2, -0.15) is 9.77 Å². The smallest absolute Gasteiger partial charge is 0.182 e. The lowest BCUT2D eigenvalue weighted by Gasteiger charge is -2.05. The summed E-state index contributed by atoms with van der Waals surface area (Å²) in [6, 6.07) is 9.06. The second-order valence-electron chi connectivity index (χ2n) is 2.54. The third-order valence-electron chi connectivity index (χ3n) is 1.56. The van der Waals surface area contributed by atoms with Crippen molar-refractivity contribution in [2.75, 3.05) is 0 Å². The van der Waals surface area contributed by atoms with E-state index in [2.05, 4.69) is 15.1 Å². The zero-order chi connectivity index (χ0) is 10.5. The molecule has 2 rings (SSSR count). The minimum absolute atomic E-state index is 0.418. The number of rotatable bonds is 2. The van der Waals surface area contributed by atoms with E-state index in [9.17, 15) is 0 Å². The van der Waals surface area contributed by atoms with Crippen molar-refractivity contribution in [3.8, 4) is 11.8 Å². The zero-order valence-corrected chi connectivity index (χ0v) is 10.4. The standard InChI is InChI=1S/C7H7N4OP3/c8-5-6-1-3-7(4-2-6)12-11-14-9-13-10-15-11/h1-4,9,13-14H. The third-order valence-corrected chi connectivity index (χ3v) is 4.31. The maximum absolute atomic E-state index is 8.62. The molecule has 1 heterocycles. The number of hydrogen-bond acceptors (Lipinski definition) is 3. The fourth-order valence-corrected chi connectivity index (χ4v) is 3.96. The van der Waals surface area contributed by atoms with E-state index in [0.717, 1.165) is 14.3 Å². The van der Waals surface area contributed by atoms with Crippen LogP contribution in [0.3, 0.4) is 0 Å². The van der Waals surface area contributed by atoms with Gasteiger partial charge in [-0.1, -0.05) is 0 Å². The first-order chi connectivity index (χ1) is 7.38. The molecule has 1 N–H and O–H groups in total. The topological polar surface area (TPSA) is 66.6 Å². The average Bonchev–Trinajstić information content (AvgIpc) is 2.31. The number of H-pyrrole nitrogens is 1. The lowest BCUT2D eigenvalue weighted by atomic mass is 10.2. The predicted molar refractivity (Wildman–Crippen MR) is 62.9 cm³/mol. The molecule has 8 heteroatoms. The Labute approximate surface area is 91.0 Å². The van der Waals surface area contributed by atoms with Crippen LogP contribution in [0.4, 0.5) is 0 Å². The fourth-order valence-electron chi connectivity index (χ4n) is 0.914. The van der Waals surface area contributed by atoms with Gasteiger partial charge in [0.2, 0.25) is 0 Å². The van der Waals surface area contributed by atoms with Crippen LogP contribution in [0.1, 0.15) is 5.56 Å². The molecule has 0 aliphatic rings. The first-order valence-electron chi connectivity index (χ1n) is 4.03. The molecule has 2 atom stereocenters. The Morgan fingerprint density at radius 2 is 2.27 bits per heavy atom. The SMILES string of the molecule is N#Cc1ccc(On2pn[pH][nH][pH]2)cc1. The number of aromatic amines is 1. The van der Waals surface area contributed by atoms with Gasteiger partial charge in [0.15, 0.2) is 14.3 Å². The average molecular weight is 256 g/mol. The predicted octanol–water partition coefficient (Wildman–Crippen LogP) is 2.69. The van der Waals surface area contributed by atoms with Crippen molar-refractivity contribution in [3.05, 3.63) is 29.8 Å². The van der Waals surface area contributed by atoms with Gasteiger partial charge < -0.3 is 9.35 Å². The highest BCUT2D eigenvalue weighted by Gasteiger charge is 1.95. The highest BCUT2D eigenvalue weighted by Crippen LogP contribution is 2.17. The summed E-state index contributed by atoms with van der Waals surface area (Å²) in [7, 11) is 1.70. The summed E-state index contributed by atoms with van der Waals surface area (Å²) in [4.78, 5) is 5.53. The zero-order valence-electron chi connectivity index (χ0n) is 7.51. The quantitative estimate of drug-likeness (QED) is 0.898. The molecule has 76 valence electrons. The molecule has 0 spiro atoms. The van der Waals surface area contributed by atoms with E-state index in [-0.39, 0.29) is 0 Å². The molecule has 1 aromatic heterocycles. The summed E-state index contributed by atoms with van der Waals surface area (Å²) in [5.41, 5.74) is 0.630. The largest absolute Gasteiger partial charge is 0.366 e. The van der Waals surface area contributed by atoms with E-state index in [1.807, 2.05) is 0 Å². The molecule has 0 bridgehead atoms. The molecule has 5 nitrogen and oxygen atoms in total. The van der Waals surface area contributed by atoms with E-state index >= 15 is 0 Å². The van der Waals surface area contributed by atoms with Gasteiger partial charge in [-0.15, -0.1) is 4.26 Å². The van der Waals surface area contributed by atoms with Crippen molar-refractivity contribution >= 4 is 25.5 Å². The summed E-state index contributed by atoms with van der Waals surface area (Å²) in [6.45, 7) is 0. The molecule has 15 heavy (non-hydrogen) atoms. The molecule has 0 aliphatic carbocycles. The van der Waals surface area contributed by atoms with Crippen LogP contribution < -0.4 is 4.84 Å². The Hall–Kier alpha value is -1.19. The monoisotopic (exact) mass is 256 g/mol. The maximum Gasteiger partial charge on any atom is 0.182 e. The number of aromatic nitrogens is 3. The molecule has 0 amide bonds.